The van der Waals surface area contributed by atoms with E-state index in [9.17, 15) is 4.79 Å². The van der Waals surface area contributed by atoms with E-state index in [1.165, 1.54) is 5.56 Å². The second kappa shape index (κ2) is 6.45. The number of fused-ring (bicyclic) bond motifs is 1. The molecular weight excluding hydrogens is 300 g/mol. The van der Waals surface area contributed by atoms with Crippen LogP contribution in [0.1, 0.15) is 12.0 Å². The number of carbonyl (C=O) groups is 1. The van der Waals surface area contributed by atoms with E-state index in [1.807, 2.05) is 24.3 Å². The number of carbonyl (C=O) groups excluding carboxylic acids is 1. The fourth-order valence-electron chi connectivity index (χ4n) is 3.29. The predicted molar refractivity (Wildman–Crippen MR) is 94.5 cm³/mol. The van der Waals surface area contributed by atoms with E-state index < -0.39 is 0 Å². The van der Waals surface area contributed by atoms with Crippen LogP contribution in [0, 0.1) is 5.92 Å². The number of anilines is 1. The van der Waals surface area contributed by atoms with Crippen molar-refractivity contribution in [1.82, 2.24) is 15.1 Å². The summed E-state index contributed by atoms with van der Waals surface area (Å²) in [5.74, 6) is 0.149. The zero-order valence-electron chi connectivity index (χ0n) is 13.4. The van der Waals surface area contributed by atoms with Gasteiger partial charge in [-0.1, -0.05) is 30.3 Å². The lowest BCUT2D eigenvalue weighted by atomic mass is 10.1. The second-order valence-corrected chi connectivity index (χ2v) is 6.37. The van der Waals surface area contributed by atoms with Crippen molar-refractivity contribution in [3.8, 4) is 0 Å². The van der Waals surface area contributed by atoms with E-state index in [0.717, 1.165) is 42.6 Å². The summed E-state index contributed by atoms with van der Waals surface area (Å²) in [6.07, 6.45) is 2.68. The Kier molecular flexibility index (Phi) is 4.01. The van der Waals surface area contributed by atoms with Crippen molar-refractivity contribution in [1.29, 1.82) is 0 Å². The van der Waals surface area contributed by atoms with Gasteiger partial charge in [0.1, 0.15) is 0 Å². The first-order chi connectivity index (χ1) is 11.8. The van der Waals surface area contributed by atoms with Crippen LogP contribution in [0.25, 0.3) is 10.9 Å². The van der Waals surface area contributed by atoms with Gasteiger partial charge < -0.3 is 5.32 Å². The largest absolute Gasteiger partial charge is 0.326 e. The van der Waals surface area contributed by atoms with Crippen molar-refractivity contribution in [3.63, 3.8) is 0 Å². The van der Waals surface area contributed by atoms with Crippen LogP contribution in [0.3, 0.4) is 0 Å². The number of aromatic nitrogens is 2. The quantitative estimate of drug-likeness (QED) is 0.777. The molecule has 4 rings (SSSR count). The Morgan fingerprint density at radius 2 is 2.12 bits per heavy atom. The maximum atomic E-state index is 12.5. The third-order valence-corrected chi connectivity index (χ3v) is 4.60. The molecule has 1 aromatic heterocycles. The van der Waals surface area contributed by atoms with Gasteiger partial charge in [-0.15, -0.1) is 0 Å². The van der Waals surface area contributed by atoms with Crippen molar-refractivity contribution >= 4 is 22.5 Å². The SMILES string of the molecule is O=C(Nc1ccc2cn[nH]c2c1)C1CCN(Cc2ccccc2)C1. The van der Waals surface area contributed by atoms with Crippen LogP contribution in [-0.4, -0.2) is 34.1 Å². The van der Waals surface area contributed by atoms with Gasteiger partial charge in [0.15, 0.2) is 0 Å². The van der Waals surface area contributed by atoms with Gasteiger partial charge in [-0.25, -0.2) is 0 Å². The van der Waals surface area contributed by atoms with Gasteiger partial charge in [-0.2, -0.15) is 5.10 Å². The first kappa shape index (κ1) is 14.9. The number of likely N-dealkylation sites (tertiary alicyclic amines) is 1. The molecule has 1 atom stereocenters. The number of benzene rings is 2. The minimum atomic E-state index is 0.0474. The van der Waals surface area contributed by atoms with Gasteiger partial charge in [0, 0.05) is 24.2 Å². The molecule has 2 heterocycles. The summed E-state index contributed by atoms with van der Waals surface area (Å²) in [5, 5.41) is 11.0. The Balaban J connectivity index is 1.36. The van der Waals surface area contributed by atoms with E-state index in [4.69, 9.17) is 0 Å². The summed E-state index contributed by atoms with van der Waals surface area (Å²) in [7, 11) is 0. The zero-order chi connectivity index (χ0) is 16.4. The summed E-state index contributed by atoms with van der Waals surface area (Å²) in [4.78, 5) is 14.9. The Hall–Kier alpha value is -2.66. The molecule has 1 amide bonds. The van der Waals surface area contributed by atoms with Crippen molar-refractivity contribution in [2.45, 2.75) is 13.0 Å². The highest BCUT2D eigenvalue weighted by molar-refractivity contribution is 5.95. The molecule has 1 unspecified atom stereocenters. The monoisotopic (exact) mass is 320 g/mol. The molecule has 2 N–H and O–H groups in total. The number of hydrogen-bond acceptors (Lipinski definition) is 3. The molecule has 5 heteroatoms. The number of nitrogens with zero attached hydrogens (tertiary/aromatic N) is 2. The molecule has 2 aromatic carbocycles. The van der Waals surface area contributed by atoms with Crippen LogP contribution in [0.5, 0.6) is 0 Å². The first-order valence-corrected chi connectivity index (χ1v) is 8.28. The molecule has 0 radical (unpaired) electrons. The summed E-state index contributed by atoms with van der Waals surface area (Å²) >= 11 is 0. The Labute approximate surface area is 140 Å². The van der Waals surface area contributed by atoms with Gasteiger partial charge in [0.2, 0.25) is 5.91 Å². The van der Waals surface area contributed by atoms with Crippen molar-refractivity contribution in [3.05, 3.63) is 60.3 Å². The molecule has 1 aliphatic heterocycles. The molecule has 0 saturated carbocycles. The lowest BCUT2D eigenvalue weighted by Gasteiger charge is -2.16. The number of rotatable bonds is 4. The van der Waals surface area contributed by atoms with Crippen molar-refractivity contribution in [2.24, 2.45) is 5.92 Å². The van der Waals surface area contributed by atoms with E-state index in [2.05, 4.69) is 44.7 Å². The van der Waals surface area contributed by atoms with Crippen LogP contribution in [0.15, 0.2) is 54.7 Å². The molecule has 0 aliphatic carbocycles. The molecule has 3 aromatic rings. The lowest BCUT2D eigenvalue weighted by Crippen LogP contribution is -2.26. The van der Waals surface area contributed by atoms with E-state index >= 15 is 0 Å². The molecule has 1 fully saturated rings. The maximum Gasteiger partial charge on any atom is 0.228 e. The minimum Gasteiger partial charge on any atom is -0.326 e. The molecule has 0 bridgehead atoms. The van der Waals surface area contributed by atoms with Crippen LogP contribution in [-0.2, 0) is 11.3 Å². The molecular formula is C19H20N4O. The fraction of sp³-hybridized carbons (Fsp3) is 0.263. The smallest absolute Gasteiger partial charge is 0.228 e. The molecule has 24 heavy (non-hydrogen) atoms. The van der Waals surface area contributed by atoms with Gasteiger partial charge in [0.25, 0.3) is 0 Å². The van der Waals surface area contributed by atoms with E-state index in [1.54, 1.807) is 6.20 Å². The average Bonchev–Trinajstić information content (AvgIpc) is 3.24. The predicted octanol–water partition coefficient (Wildman–Crippen LogP) is 3.02. The van der Waals surface area contributed by atoms with Crippen LogP contribution in [0.4, 0.5) is 5.69 Å². The Morgan fingerprint density at radius 1 is 1.25 bits per heavy atom. The van der Waals surface area contributed by atoms with Gasteiger partial charge in [-0.3, -0.25) is 14.8 Å². The standard InChI is InChI=1S/C19H20N4O/c24-19(21-17-7-6-15-11-20-22-18(15)10-17)16-8-9-23(13-16)12-14-4-2-1-3-5-14/h1-7,10-11,16H,8-9,12-13H2,(H,20,22)(H,21,24). The topological polar surface area (TPSA) is 61.0 Å². The van der Waals surface area contributed by atoms with Gasteiger partial charge in [-0.05, 0) is 36.7 Å². The van der Waals surface area contributed by atoms with Crippen LogP contribution in [0.2, 0.25) is 0 Å². The number of amides is 1. The lowest BCUT2D eigenvalue weighted by molar-refractivity contribution is -0.119. The van der Waals surface area contributed by atoms with Crippen molar-refractivity contribution < 1.29 is 4.79 Å². The Morgan fingerprint density at radius 3 is 3.00 bits per heavy atom. The van der Waals surface area contributed by atoms with Gasteiger partial charge >= 0.3 is 0 Å². The number of hydrogen-bond donors (Lipinski definition) is 2. The van der Waals surface area contributed by atoms with Crippen LogP contribution < -0.4 is 5.32 Å². The minimum absolute atomic E-state index is 0.0474. The third kappa shape index (κ3) is 3.16. The number of H-pyrrole nitrogens is 1. The van der Waals surface area contributed by atoms with Crippen molar-refractivity contribution in [2.75, 3.05) is 18.4 Å². The van der Waals surface area contributed by atoms with Crippen LogP contribution >= 0.6 is 0 Å². The first-order valence-electron chi connectivity index (χ1n) is 8.28. The summed E-state index contributed by atoms with van der Waals surface area (Å²) < 4.78 is 0. The summed E-state index contributed by atoms with van der Waals surface area (Å²) in [6.45, 7) is 2.68. The maximum absolute atomic E-state index is 12.5. The van der Waals surface area contributed by atoms with E-state index in [-0.39, 0.29) is 11.8 Å². The second-order valence-electron chi connectivity index (χ2n) is 6.37. The molecule has 1 saturated heterocycles. The normalized spacial score (nSPS) is 18.1. The Bertz CT molecular complexity index is 843. The zero-order valence-corrected chi connectivity index (χ0v) is 13.4. The fourth-order valence-corrected chi connectivity index (χ4v) is 3.29. The third-order valence-electron chi connectivity index (χ3n) is 4.60. The summed E-state index contributed by atoms with van der Waals surface area (Å²) in [5.41, 5.74) is 3.05. The molecule has 1 aliphatic rings. The highest BCUT2D eigenvalue weighted by atomic mass is 16.1. The molecule has 122 valence electrons. The molecule has 0 spiro atoms. The highest BCUT2D eigenvalue weighted by Crippen LogP contribution is 2.22. The average molecular weight is 320 g/mol. The molecule has 5 nitrogen and oxygen atoms in total. The van der Waals surface area contributed by atoms with E-state index in [0.29, 0.717) is 0 Å². The highest BCUT2D eigenvalue weighted by Gasteiger charge is 2.28. The van der Waals surface area contributed by atoms with Gasteiger partial charge in [0.05, 0.1) is 17.6 Å². The number of aromatic amines is 1. The summed E-state index contributed by atoms with van der Waals surface area (Å²) in [6, 6.07) is 16.2. The number of nitrogens with one attached hydrogen (secondary N) is 2.